The maximum atomic E-state index is 12.7. The van der Waals surface area contributed by atoms with Gasteiger partial charge in [-0.05, 0) is 206 Å². The minimum Gasteiger partial charge on any atom is -0.465 e. The van der Waals surface area contributed by atoms with Crippen molar-refractivity contribution in [1.29, 1.82) is 0 Å². The topological polar surface area (TPSA) is 210 Å². The number of hydrogen-bond donors (Lipinski definition) is 0. The number of carbonyl (C=O) groups is 8. The Hall–Kier alpha value is -6.22. The third-order valence-corrected chi connectivity index (χ3v) is 25.0. The smallest absolute Gasteiger partial charge is 0.425 e. The fourth-order valence-corrected chi connectivity index (χ4v) is 14.3. The van der Waals surface area contributed by atoms with Crippen molar-refractivity contribution in [2.24, 2.45) is 68.0 Å². The molecule has 8 rings (SSSR count). The van der Waals surface area contributed by atoms with Gasteiger partial charge in [0.15, 0.2) is 23.0 Å². The first-order valence-electron chi connectivity index (χ1n) is 41.6. The summed E-state index contributed by atoms with van der Waals surface area (Å²) in [6, 6.07) is 15.9. The van der Waals surface area contributed by atoms with Crippen molar-refractivity contribution in [2.75, 3.05) is 13.2 Å². The van der Waals surface area contributed by atoms with Crippen LogP contribution in [-0.4, -0.2) is 110 Å². The number of alkyl halides is 6. The summed E-state index contributed by atoms with van der Waals surface area (Å²) < 4.78 is 118. The second-order valence-corrected chi connectivity index (χ2v) is 36.1. The van der Waals surface area contributed by atoms with E-state index < -0.39 is 118 Å². The number of rotatable bonds is 30. The molecule has 6 aliphatic rings. The number of halogens is 6. The van der Waals surface area contributed by atoms with E-state index in [-0.39, 0.29) is 52.9 Å². The van der Waals surface area contributed by atoms with Crippen LogP contribution in [0.2, 0.25) is 0 Å². The van der Waals surface area contributed by atoms with Crippen LogP contribution in [0, 0.1) is 81.8 Å². The van der Waals surface area contributed by atoms with Crippen molar-refractivity contribution in [3.8, 4) is 0 Å². The molecule has 2 aromatic rings. The van der Waals surface area contributed by atoms with Gasteiger partial charge in [0.25, 0.3) is 0 Å². The number of esters is 8. The van der Waals surface area contributed by atoms with Gasteiger partial charge in [0.05, 0.1) is 34.9 Å². The molecule has 0 amide bonds. The van der Waals surface area contributed by atoms with Gasteiger partial charge >= 0.3 is 60.1 Å². The van der Waals surface area contributed by atoms with Crippen molar-refractivity contribution in [3.63, 3.8) is 0 Å². The SMILES string of the molecule is CCC(C)(C)C(=O)OC1C2CC3C1OC(=O)C3(C(=O)OC(C)C(F)(F)F)C2.CCC(C)(C)C(=O)OC1C2CC3C1OC(=O)C3(C(=O)OC(C)C(F)(F)F)C2.CCC(C)c1cc(C)cc(C)c1.CCC(C)c1ccc(C(C)(C)C)cc1.CCCCC(CC)COC(=O)C(C)(C)CC.CCCCC(CC)COC(=O)C(C)(C)CC. The van der Waals surface area contributed by atoms with Crippen LogP contribution in [0.1, 0.15) is 328 Å². The molecule has 2 heterocycles. The average Bonchev–Trinajstić information content (AvgIpc) is 1.54. The van der Waals surface area contributed by atoms with E-state index >= 15 is 0 Å². The Morgan fingerprint density at radius 3 is 1.07 bits per heavy atom. The van der Waals surface area contributed by atoms with Crippen LogP contribution in [-0.2, 0) is 81.7 Å². The lowest BCUT2D eigenvalue weighted by atomic mass is 9.73. The molecule has 16 nitrogen and oxygen atoms in total. The Kier molecular flexibility index (Phi) is 37.6. The summed E-state index contributed by atoms with van der Waals surface area (Å²) in [6.45, 7) is 54.0. The zero-order valence-electron chi connectivity index (χ0n) is 73.1. The molecule has 2 aliphatic heterocycles. The highest BCUT2D eigenvalue weighted by molar-refractivity contribution is 6.04. The highest BCUT2D eigenvalue weighted by Crippen LogP contribution is 2.65. The monoisotopic (exact) mass is 1590 g/mol. The molecule has 0 radical (unpaired) electrons. The van der Waals surface area contributed by atoms with E-state index in [1.807, 2.05) is 55.4 Å². The maximum absolute atomic E-state index is 12.7. The Bertz CT molecular complexity index is 3190. The molecule has 16 atom stereocenters. The van der Waals surface area contributed by atoms with Gasteiger partial charge in [-0.3, -0.25) is 38.4 Å². The molecule has 4 aliphatic carbocycles. The quantitative estimate of drug-likeness (QED) is 0.0308. The van der Waals surface area contributed by atoms with Crippen LogP contribution >= 0.6 is 0 Å². The van der Waals surface area contributed by atoms with Crippen molar-refractivity contribution < 1.29 is 103 Å². The molecule has 16 unspecified atom stereocenters. The van der Waals surface area contributed by atoms with Crippen molar-refractivity contribution in [2.45, 2.75) is 369 Å². The molecule has 6 fully saturated rings. The second-order valence-electron chi connectivity index (χ2n) is 36.1. The number of benzene rings is 2. The first-order chi connectivity index (χ1) is 51.7. The zero-order chi connectivity index (χ0) is 85.8. The van der Waals surface area contributed by atoms with Crippen molar-refractivity contribution >= 4 is 47.8 Å². The van der Waals surface area contributed by atoms with Gasteiger partial charge in [0.1, 0.15) is 24.4 Å². The molecule has 4 bridgehead atoms. The number of aryl methyl sites for hydroxylation is 2. The number of ether oxygens (including phenoxy) is 8. The molecule has 22 heteroatoms. The lowest BCUT2D eigenvalue weighted by Crippen LogP contribution is -2.48. The molecule has 2 aromatic carbocycles. The van der Waals surface area contributed by atoms with Crippen LogP contribution in [0.15, 0.2) is 42.5 Å². The minimum atomic E-state index is -4.71. The first kappa shape index (κ1) is 100.0. The average molecular weight is 1590 g/mol. The van der Waals surface area contributed by atoms with Gasteiger partial charge in [0, 0.05) is 23.7 Å². The molecular weight excluding hydrogens is 1450 g/mol. The van der Waals surface area contributed by atoms with E-state index in [0.29, 0.717) is 62.6 Å². The van der Waals surface area contributed by atoms with Crippen LogP contribution in [0.25, 0.3) is 0 Å². The van der Waals surface area contributed by atoms with Gasteiger partial charge in [0.2, 0.25) is 0 Å². The minimum absolute atomic E-state index is 0.0269. The van der Waals surface area contributed by atoms with E-state index in [2.05, 4.69) is 142 Å². The van der Waals surface area contributed by atoms with E-state index in [1.54, 1.807) is 27.7 Å². The molecule has 640 valence electrons. The van der Waals surface area contributed by atoms with Gasteiger partial charge in [-0.15, -0.1) is 0 Å². The predicted octanol–water partition coefficient (Wildman–Crippen LogP) is 22.2. The summed E-state index contributed by atoms with van der Waals surface area (Å²) in [4.78, 5) is 98.1. The summed E-state index contributed by atoms with van der Waals surface area (Å²) in [5, 5.41) is 0. The van der Waals surface area contributed by atoms with Crippen LogP contribution in [0.3, 0.4) is 0 Å². The predicted molar refractivity (Wildman–Crippen MR) is 423 cm³/mol. The Morgan fingerprint density at radius 2 is 0.786 bits per heavy atom. The second kappa shape index (κ2) is 42.1. The van der Waals surface area contributed by atoms with E-state index in [0.717, 1.165) is 39.5 Å². The largest absolute Gasteiger partial charge is 0.465 e. The van der Waals surface area contributed by atoms with Crippen LogP contribution in [0.5, 0.6) is 0 Å². The zero-order valence-corrected chi connectivity index (χ0v) is 73.1. The molecule has 0 aromatic heterocycles. The highest BCUT2D eigenvalue weighted by Gasteiger charge is 2.77. The van der Waals surface area contributed by atoms with E-state index in [1.165, 1.54) is 79.2 Å². The van der Waals surface area contributed by atoms with Crippen LogP contribution < -0.4 is 0 Å². The normalized spacial score (nSPS) is 24.3. The Morgan fingerprint density at radius 1 is 0.464 bits per heavy atom. The molecule has 112 heavy (non-hydrogen) atoms. The fourth-order valence-electron chi connectivity index (χ4n) is 14.3. The van der Waals surface area contributed by atoms with Crippen molar-refractivity contribution in [3.05, 3.63) is 70.3 Å². The molecule has 4 saturated carbocycles. The molecule has 0 N–H and O–H groups in total. The molecular formula is C90H142F6O16. The van der Waals surface area contributed by atoms with Gasteiger partial charge in [-0.1, -0.05) is 196 Å². The van der Waals surface area contributed by atoms with Gasteiger partial charge < -0.3 is 37.9 Å². The van der Waals surface area contributed by atoms with Crippen molar-refractivity contribution in [1.82, 2.24) is 0 Å². The Balaban J connectivity index is 0.000000358. The van der Waals surface area contributed by atoms with Gasteiger partial charge in [-0.25, -0.2) is 0 Å². The summed E-state index contributed by atoms with van der Waals surface area (Å²) in [5.74, 6) is -4.58. The third-order valence-electron chi connectivity index (χ3n) is 25.0. The maximum Gasteiger partial charge on any atom is 0.425 e. The number of unbranched alkanes of at least 4 members (excludes halogenated alkanes) is 2. The summed E-state index contributed by atoms with van der Waals surface area (Å²) in [5.41, 5.74) is 1.87. The third kappa shape index (κ3) is 25.9. The number of hydrogen-bond acceptors (Lipinski definition) is 16. The summed E-state index contributed by atoms with van der Waals surface area (Å²) >= 11 is 0. The molecule has 0 spiro atoms. The van der Waals surface area contributed by atoms with E-state index in [4.69, 9.17) is 28.4 Å². The van der Waals surface area contributed by atoms with E-state index in [9.17, 15) is 64.7 Å². The number of fused-ring (bicyclic) bond motifs is 2. The lowest BCUT2D eigenvalue weighted by molar-refractivity contribution is -0.222. The first-order valence-corrected chi connectivity index (χ1v) is 41.6. The molecule has 2 saturated heterocycles. The summed E-state index contributed by atoms with van der Waals surface area (Å²) in [7, 11) is 0. The van der Waals surface area contributed by atoms with Gasteiger partial charge in [-0.2, -0.15) is 26.3 Å². The lowest BCUT2D eigenvalue weighted by Gasteiger charge is -2.33. The fraction of sp³-hybridized carbons (Fsp3) is 0.778. The Labute approximate surface area is 667 Å². The standard InChI is InChI=1S/2C18H23F3O6.2C14H28O2.C14H22.C12H18/c2*1-5-16(3,4)13(22)26-11-9-6-10-12(11)27-15(24)17(10,7-9)14(23)25-8(2)18(19,20)21;2*1-6-9-10-12(7-2)11-16-13(15)14(4,5)8-3;1-6-11(2)12-7-9-13(10-8-12)14(3,4)5;1-5-11(4)12-7-9(2)6-10(3)8-12/h2*8-12H,5-7H2,1-4H3;2*12H,6-11H2,1-5H3;7-11H,6H2,1-5H3;6-8,11H,5H2,1-4H3. The summed E-state index contributed by atoms with van der Waals surface area (Å²) in [6.07, 6.45) is -1.72. The van der Waals surface area contributed by atoms with Crippen LogP contribution in [0.4, 0.5) is 26.3 Å². The highest BCUT2D eigenvalue weighted by atomic mass is 19.4. The number of carbonyl (C=O) groups excluding carboxylic acids is 8.